The average Bonchev–Trinajstić information content (AvgIpc) is 2.59. The highest BCUT2D eigenvalue weighted by atomic mass is 16.5. The Hall–Kier alpha value is -1.47. The van der Waals surface area contributed by atoms with Crippen molar-refractivity contribution in [1.82, 2.24) is 5.32 Å². The third-order valence-corrected chi connectivity index (χ3v) is 4.54. The summed E-state index contributed by atoms with van der Waals surface area (Å²) in [5.41, 5.74) is 1.16. The zero-order valence-electron chi connectivity index (χ0n) is 15.1. The molecule has 2 rings (SSSR count). The number of carbonyl (C=O) groups is 1. The third-order valence-electron chi connectivity index (χ3n) is 4.54. The number of aliphatic hydroxyl groups excluding tert-OH is 2. The van der Waals surface area contributed by atoms with Crippen molar-refractivity contribution < 1.29 is 24.5 Å². The number of nitrogens with one attached hydrogen (secondary N) is 1. The van der Waals surface area contributed by atoms with E-state index >= 15 is 0 Å². The zero-order valence-corrected chi connectivity index (χ0v) is 15.1. The molecule has 1 aromatic rings. The van der Waals surface area contributed by atoms with Crippen LogP contribution in [0.15, 0.2) is 30.3 Å². The lowest BCUT2D eigenvalue weighted by Gasteiger charge is -2.39. The minimum atomic E-state index is -0.953. The van der Waals surface area contributed by atoms with Gasteiger partial charge in [0.2, 0.25) is 5.91 Å². The number of carbonyl (C=O) groups excluding carboxylic acids is 1. The molecular formula is C19H29NO5. The standard InChI is InChI=1S/C19H29NO5/c1-12-11-24-16(10-21)17(22)18(12)25-14(3)19(23)20-13(2)9-15-7-5-4-6-8-15/h4-8,12-14,16-18,21-22H,9-11H2,1-3H3,(H,20,23)/t12-,13-,14+,16?,17+,18?/m0/s1. The fourth-order valence-electron chi connectivity index (χ4n) is 3.07. The number of rotatable bonds is 7. The number of amides is 1. The van der Waals surface area contributed by atoms with Gasteiger partial charge < -0.3 is 25.0 Å². The Bertz CT molecular complexity index is 538. The van der Waals surface area contributed by atoms with E-state index in [2.05, 4.69) is 5.32 Å². The van der Waals surface area contributed by atoms with Gasteiger partial charge in [-0.15, -0.1) is 0 Å². The fourth-order valence-corrected chi connectivity index (χ4v) is 3.07. The quantitative estimate of drug-likeness (QED) is 0.679. The van der Waals surface area contributed by atoms with E-state index in [9.17, 15) is 15.0 Å². The van der Waals surface area contributed by atoms with Crippen molar-refractivity contribution >= 4 is 5.91 Å². The molecular weight excluding hydrogens is 322 g/mol. The van der Waals surface area contributed by atoms with Gasteiger partial charge in [0.1, 0.15) is 18.3 Å². The summed E-state index contributed by atoms with van der Waals surface area (Å²) in [4.78, 5) is 12.4. The van der Waals surface area contributed by atoms with Crippen molar-refractivity contribution in [3.05, 3.63) is 35.9 Å². The second-order valence-electron chi connectivity index (χ2n) is 6.86. The molecule has 6 nitrogen and oxygen atoms in total. The number of hydrogen-bond donors (Lipinski definition) is 3. The first kappa shape index (κ1) is 19.8. The molecule has 6 heteroatoms. The van der Waals surface area contributed by atoms with Crippen LogP contribution in [-0.4, -0.2) is 59.8 Å². The first-order chi connectivity index (χ1) is 11.9. The van der Waals surface area contributed by atoms with Gasteiger partial charge in [0.15, 0.2) is 0 Å². The van der Waals surface area contributed by atoms with Gasteiger partial charge in [-0.3, -0.25) is 4.79 Å². The van der Waals surface area contributed by atoms with Gasteiger partial charge >= 0.3 is 0 Å². The highest BCUT2D eigenvalue weighted by Gasteiger charge is 2.39. The maximum Gasteiger partial charge on any atom is 0.249 e. The van der Waals surface area contributed by atoms with E-state index < -0.39 is 24.4 Å². The van der Waals surface area contributed by atoms with Crippen LogP contribution in [0.4, 0.5) is 0 Å². The van der Waals surface area contributed by atoms with Gasteiger partial charge in [-0.2, -0.15) is 0 Å². The summed E-state index contributed by atoms with van der Waals surface area (Å²) in [6.45, 7) is 5.62. The highest BCUT2D eigenvalue weighted by Crippen LogP contribution is 2.24. The van der Waals surface area contributed by atoms with Gasteiger partial charge in [-0.1, -0.05) is 37.3 Å². The summed E-state index contributed by atoms with van der Waals surface area (Å²) in [6.07, 6.45) is -2.13. The van der Waals surface area contributed by atoms with Crippen LogP contribution in [0.25, 0.3) is 0 Å². The largest absolute Gasteiger partial charge is 0.394 e. The second-order valence-corrected chi connectivity index (χ2v) is 6.86. The normalized spacial score (nSPS) is 29.0. The molecule has 0 aliphatic carbocycles. The van der Waals surface area contributed by atoms with E-state index in [0.29, 0.717) is 6.61 Å². The van der Waals surface area contributed by atoms with Crippen molar-refractivity contribution in [3.63, 3.8) is 0 Å². The molecule has 6 atom stereocenters. The fraction of sp³-hybridized carbons (Fsp3) is 0.632. The third kappa shape index (κ3) is 5.51. The van der Waals surface area contributed by atoms with Gasteiger partial charge in [0, 0.05) is 12.0 Å². The monoisotopic (exact) mass is 351 g/mol. The zero-order chi connectivity index (χ0) is 18.4. The molecule has 2 unspecified atom stereocenters. The maximum atomic E-state index is 12.4. The van der Waals surface area contributed by atoms with Crippen LogP contribution in [0.3, 0.4) is 0 Å². The molecule has 0 aromatic heterocycles. The predicted molar refractivity (Wildman–Crippen MR) is 94.1 cm³/mol. The second kappa shape index (κ2) is 9.29. The molecule has 1 aliphatic heterocycles. The van der Waals surface area contributed by atoms with E-state index in [1.165, 1.54) is 0 Å². The minimum absolute atomic E-state index is 0.0248. The van der Waals surface area contributed by atoms with Crippen molar-refractivity contribution in [2.75, 3.05) is 13.2 Å². The van der Waals surface area contributed by atoms with Crippen LogP contribution in [-0.2, 0) is 20.7 Å². The molecule has 3 N–H and O–H groups in total. The molecule has 1 amide bonds. The summed E-state index contributed by atoms with van der Waals surface area (Å²) in [5.74, 6) is -0.273. The Morgan fingerprint density at radius 2 is 2.04 bits per heavy atom. The Kier molecular flexibility index (Phi) is 7.38. The number of ether oxygens (including phenoxy) is 2. The first-order valence-electron chi connectivity index (χ1n) is 8.82. The van der Waals surface area contributed by atoms with Crippen LogP contribution in [0.2, 0.25) is 0 Å². The highest BCUT2D eigenvalue weighted by molar-refractivity contribution is 5.80. The molecule has 25 heavy (non-hydrogen) atoms. The summed E-state index contributed by atoms with van der Waals surface area (Å²) in [7, 11) is 0. The molecule has 1 aromatic carbocycles. The lowest BCUT2D eigenvalue weighted by atomic mass is 9.93. The van der Waals surface area contributed by atoms with Crippen LogP contribution >= 0.6 is 0 Å². The minimum Gasteiger partial charge on any atom is -0.394 e. The van der Waals surface area contributed by atoms with Crippen molar-refractivity contribution in [1.29, 1.82) is 0 Å². The Balaban J connectivity index is 1.86. The van der Waals surface area contributed by atoms with E-state index in [1.807, 2.05) is 44.2 Å². The van der Waals surface area contributed by atoms with E-state index in [0.717, 1.165) is 12.0 Å². The van der Waals surface area contributed by atoms with E-state index in [4.69, 9.17) is 9.47 Å². The van der Waals surface area contributed by atoms with Crippen molar-refractivity contribution in [2.24, 2.45) is 5.92 Å². The molecule has 1 saturated heterocycles. The lowest BCUT2D eigenvalue weighted by Crippen LogP contribution is -2.54. The predicted octanol–water partition coefficient (Wildman–Crippen LogP) is 0.896. The van der Waals surface area contributed by atoms with Gasteiger partial charge in [-0.25, -0.2) is 0 Å². The Morgan fingerprint density at radius 3 is 2.68 bits per heavy atom. The SMILES string of the molecule is C[C@@H](Cc1ccccc1)NC(=O)[C@@H](C)OC1[C@H](O)C(CO)OC[C@@H]1C. The number of aliphatic hydroxyl groups is 2. The maximum absolute atomic E-state index is 12.4. The van der Waals surface area contributed by atoms with Gasteiger partial charge in [0.05, 0.1) is 19.3 Å². The average molecular weight is 351 g/mol. The summed E-state index contributed by atoms with van der Waals surface area (Å²) in [5, 5.41) is 22.5. The van der Waals surface area contributed by atoms with Crippen molar-refractivity contribution in [2.45, 2.75) is 57.6 Å². The molecule has 0 bridgehead atoms. The van der Waals surface area contributed by atoms with Crippen LogP contribution in [0, 0.1) is 5.92 Å². The summed E-state index contributed by atoms with van der Waals surface area (Å²) < 4.78 is 11.2. The van der Waals surface area contributed by atoms with Crippen LogP contribution in [0.5, 0.6) is 0 Å². The van der Waals surface area contributed by atoms with Crippen molar-refractivity contribution in [3.8, 4) is 0 Å². The summed E-state index contributed by atoms with van der Waals surface area (Å²) in [6, 6.07) is 9.93. The number of benzene rings is 1. The first-order valence-corrected chi connectivity index (χ1v) is 8.82. The summed E-state index contributed by atoms with van der Waals surface area (Å²) >= 11 is 0. The Labute approximate surface area is 149 Å². The van der Waals surface area contributed by atoms with Crippen LogP contribution < -0.4 is 5.32 Å². The molecule has 0 radical (unpaired) electrons. The number of hydrogen-bond acceptors (Lipinski definition) is 5. The molecule has 1 heterocycles. The molecule has 0 spiro atoms. The molecule has 1 aliphatic rings. The smallest absolute Gasteiger partial charge is 0.249 e. The van der Waals surface area contributed by atoms with Gasteiger partial charge in [-0.05, 0) is 25.8 Å². The molecule has 1 fully saturated rings. The molecule has 140 valence electrons. The van der Waals surface area contributed by atoms with E-state index in [-0.39, 0.29) is 24.5 Å². The molecule has 0 saturated carbocycles. The van der Waals surface area contributed by atoms with Gasteiger partial charge in [0.25, 0.3) is 0 Å². The van der Waals surface area contributed by atoms with Crippen LogP contribution in [0.1, 0.15) is 26.3 Å². The van der Waals surface area contributed by atoms with E-state index in [1.54, 1.807) is 6.92 Å². The topological polar surface area (TPSA) is 88.0 Å². The lowest BCUT2D eigenvalue weighted by molar-refractivity contribution is -0.200. The Morgan fingerprint density at radius 1 is 1.36 bits per heavy atom.